The molecule has 0 saturated carbocycles. The van der Waals surface area contributed by atoms with E-state index >= 15 is 0 Å². The maximum absolute atomic E-state index is 14.4. The fourth-order valence-electron chi connectivity index (χ4n) is 4.49. The number of amidine groups is 1. The summed E-state index contributed by atoms with van der Waals surface area (Å²) in [6, 6.07) is 4.10. The van der Waals surface area contributed by atoms with E-state index in [9.17, 15) is 27.2 Å². The molecule has 9 nitrogen and oxygen atoms in total. The number of aliphatic imine (C=N–C) groups is 1. The Morgan fingerprint density at radius 1 is 1.24 bits per heavy atom. The number of benzene rings is 1. The van der Waals surface area contributed by atoms with Gasteiger partial charge in [-0.2, -0.15) is 5.10 Å². The number of amides is 2. The summed E-state index contributed by atoms with van der Waals surface area (Å²) in [6.07, 6.45) is 0.116. The predicted molar refractivity (Wildman–Crippen MR) is 128 cm³/mol. The van der Waals surface area contributed by atoms with Crippen LogP contribution in [0.1, 0.15) is 41.0 Å². The third-order valence-corrected chi connectivity index (χ3v) is 6.32. The molecule has 5 rings (SSSR count). The first-order chi connectivity index (χ1) is 18.0. The summed E-state index contributed by atoms with van der Waals surface area (Å²) in [5.41, 5.74) is 1.86. The summed E-state index contributed by atoms with van der Waals surface area (Å²) < 4.78 is 56.0. The summed E-state index contributed by atoms with van der Waals surface area (Å²) in [6.45, 7) is 3.27. The van der Waals surface area contributed by atoms with Crippen LogP contribution in [0.4, 0.5) is 17.6 Å². The second-order valence-corrected chi connectivity index (χ2v) is 9.03. The number of carbonyl (C=O) groups excluding carboxylic acids is 2. The van der Waals surface area contributed by atoms with Gasteiger partial charge in [-0.1, -0.05) is 0 Å². The lowest BCUT2D eigenvalue weighted by molar-refractivity contribution is -0.274. The monoisotopic (exact) mass is 530 g/mol. The molecule has 2 atom stereocenters. The van der Waals surface area contributed by atoms with Crippen LogP contribution in [0.2, 0.25) is 0 Å². The van der Waals surface area contributed by atoms with Gasteiger partial charge in [-0.3, -0.25) is 14.6 Å². The lowest BCUT2D eigenvalue weighted by atomic mass is 10.00. The second kappa shape index (κ2) is 9.54. The number of aromatic nitrogens is 1. The van der Waals surface area contributed by atoms with Crippen molar-refractivity contribution in [2.24, 2.45) is 10.1 Å². The Bertz CT molecular complexity index is 1400. The number of nitrogens with one attached hydrogen (secondary N) is 1. The highest BCUT2D eigenvalue weighted by Crippen LogP contribution is 2.28. The molecule has 2 amide bonds. The first kappa shape index (κ1) is 25.4. The zero-order valence-corrected chi connectivity index (χ0v) is 20.3. The molecule has 2 unspecified atom stereocenters. The number of halogens is 4. The number of ether oxygens (including phenoxy) is 1. The maximum atomic E-state index is 14.4. The summed E-state index contributed by atoms with van der Waals surface area (Å²) in [5, 5.41) is 9.08. The number of allylic oxidation sites excluding steroid dienone is 1. The molecule has 0 saturated heterocycles. The fourth-order valence-corrected chi connectivity index (χ4v) is 4.49. The van der Waals surface area contributed by atoms with E-state index in [1.165, 1.54) is 11.8 Å². The van der Waals surface area contributed by atoms with Crippen LogP contribution in [-0.2, 0) is 17.8 Å². The molecule has 0 radical (unpaired) electrons. The average Bonchev–Trinajstić information content (AvgIpc) is 3.15. The van der Waals surface area contributed by atoms with Crippen molar-refractivity contribution in [2.45, 2.75) is 45.4 Å². The molecular formula is C25H22F4N6O3. The molecule has 3 aliphatic heterocycles. The number of hydrogen-bond donors (Lipinski definition) is 1. The Morgan fingerprint density at radius 3 is 2.76 bits per heavy atom. The van der Waals surface area contributed by atoms with E-state index in [0.29, 0.717) is 34.8 Å². The van der Waals surface area contributed by atoms with Gasteiger partial charge in [0.25, 0.3) is 5.91 Å². The van der Waals surface area contributed by atoms with Gasteiger partial charge >= 0.3 is 6.36 Å². The number of alkyl halides is 3. The van der Waals surface area contributed by atoms with Crippen LogP contribution < -0.4 is 10.1 Å². The van der Waals surface area contributed by atoms with Crippen LogP contribution >= 0.6 is 0 Å². The molecule has 1 aromatic carbocycles. The van der Waals surface area contributed by atoms with Crippen molar-refractivity contribution < 1.29 is 31.9 Å². The molecule has 0 aliphatic carbocycles. The van der Waals surface area contributed by atoms with Gasteiger partial charge in [-0.15, -0.1) is 13.2 Å². The Hall–Kier alpha value is -4.29. The molecule has 0 fully saturated rings. The van der Waals surface area contributed by atoms with Gasteiger partial charge in [0.2, 0.25) is 5.91 Å². The van der Waals surface area contributed by atoms with E-state index < -0.39 is 30.0 Å². The Morgan fingerprint density at radius 2 is 2.03 bits per heavy atom. The normalized spacial score (nSPS) is 20.5. The molecule has 13 heteroatoms. The first-order valence-electron chi connectivity index (χ1n) is 11.7. The molecule has 0 spiro atoms. The van der Waals surface area contributed by atoms with E-state index in [4.69, 9.17) is 0 Å². The van der Waals surface area contributed by atoms with E-state index in [0.717, 1.165) is 18.2 Å². The van der Waals surface area contributed by atoms with Crippen molar-refractivity contribution in [1.82, 2.24) is 20.2 Å². The largest absolute Gasteiger partial charge is 0.573 e. The minimum Gasteiger partial charge on any atom is -0.406 e. The van der Waals surface area contributed by atoms with Crippen molar-refractivity contribution in [2.75, 3.05) is 6.54 Å². The SMILES string of the molecule is CC(=O)NC1N=C2C=CC(c3cnc4c(c3)C(=O)N(Cc3cc(OC(F)(F)F)ccc3F)CC4)=NN2C1C. The maximum Gasteiger partial charge on any atom is 0.573 e. The Kier molecular flexibility index (Phi) is 6.37. The van der Waals surface area contributed by atoms with Gasteiger partial charge in [-0.05, 0) is 43.3 Å². The second-order valence-electron chi connectivity index (χ2n) is 9.03. The van der Waals surface area contributed by atoms with E-state index in [2.05, 4.69) is 25.1 Å². The van der Waals surface area contributed by atoms with Crippen LogP contribution in [0, 0.1) is 5.82 Å². The number of fused-ring (bicyclic) bond motifs is 2. The highest BCUT2D eigenvalue weighted by atomic mass is 19.4. The number of carbonyl (C=O) groups is 2. The highest BCUT2D eigenvalue weighted by Gasteiger charge is 2.35. The molecule has 3 aliphatic rings. The first-order valence-corrected chi connectivity index (χ1v) is 11.7. The number of rotatable bonds is 5. The van der Waals surface area contributed by atoms with Gasteiger partial charge in [0.15, 0.2) is 0 Å². The van der Waals surface area contributed by atoms with Crippen LogP contribution in [-0.4, -0.2) is 63.4 Å². The smallest absolute Gasteiger partial charge is 0.406 e. The minimum absolute atomic E-state index is 0.101. The minimum atomic E-state index is -4.92. The summed E-state index contributed by atoms with van der Waals surface area (Å²) in [4.78, 5) is 35.0. The van der Waals surface area contributed by atoms with Crippen LogP contribution in [0.5, 0.6) is 5.75 Å². The quantitative estimate of drug-likeness (QED) is 0.599. The van der Waals surface area contributed by atoms with Crippen LogP contribution in [0.25, 0.3) is 0 Å². The van der Waals surface area contributed by atoms with Gasteiger partial charge in [0, 0.05) is 43.8 Å². The number of nitrogens with zero attached hydrogens (tertiary/aromatic N) is 5. The summed E-state index contributed by atoms with van der Waals surface area (Å²) in [5.74, 6) is -1.36. The Balaban J connectivity index is 1.36. The lowest BCUT2D eigenvalue weighted by Gasteiger charge is -2.29. The number of hydrogen-bond acceptors (Lipinski definition) is 7. The fraction of sp³-hybridized carbons (Fsp3) is 0.320. The zero-order valence-electron chi connectivity index (χ0n) is 20.3. The van der Waals surface area contributed by atoms with E-state index in [-0.39, 0.29) is 30.6 Å². The van der Waals surface area contributed by atoms with E-state index in [1.807, 2.05) is 6.92 Å². The third-order valence-electron chi connectivity index (χ3n) is 6.32. The summed E-state index contributed by atoms with van der Waals surface area (Å²) >= 11 is 0. The summed E-state index contributed by atoms with van der Waals surface area (Å²) in [7, 11) is 0. The average molecular weight is 530 g/mol. The highest BCUT2D eigenvalue weighted by molar-refractivity contribution is 6.15. The number of pyridine rings is 1. The van der Waals surface area contributed by atoms with E-state index in [1.54, 1.807) is 29.4 Å². The van der Waals surface area contributed by atoms with Crippen molar-refractivity contribution >= 4 is 23.4 Å². The van der Waals surface area contributed by atoms with Crippen LogP contribution in [0.3, 0.4) is 0 Å². The Labute approximate surface area is 214 Å². The zero-order chi connectivity index (χ0) is 27.2. The third kappa shape index (κ3) is 5.08. The van der Waals surface area contributed by atoms with Gasteiger partial charge < -0.3 is 15.0 Å². The standard InChI is InChI=1S/C25H22F4N6O3/c1-13-23(31-14(2)36)32-22-6-5-20(33-35(13)22)15-10-18-21(30-11-15)7-8-34(24(18)37)12-16-9-17(3-4-19(16)26)38-25(27,28)29/h3-6,9-11,13,23H,7-8,12H2,1-2H3,(H,31,36). The molecule has 1 N–H and O–H groups in total. The molecule has 2 aromatic rings. The van der Waals surface area contributed by atoms with Crippen LogP contribution in [0.15, 0.2) is 52.7 Å². The molecule has 4 heterocycles. The predicted octanol–water partition coefficient (Wildman–Crippen LogP) is 3.16. The van der Waals surface area contributed by atoms with Crippen molar-refractivity contribution in [3.8, 4) is 5.75 Å². The number of hydrazone groups is 1. The van der Waals surface area contributed by atoms with Gasteiger partial charge in [-0.25, -0.2) is 14.4 Å². The van der Waals surface area contributed by atoms with Crippen molar-refractivity contribution in [3.63, 3.8) is 0 Å². The molecule has 1 aromatic heterocycles. The molecule has 0 bridgehead atoms. The molecule has 38 heavy (non-hydrogen) atoms. The molecular weight excluding hydrogens is 508 g/mol. The van der Waals surface area contributed by atoms with Gasteiger partial charge in [0.1, 0.15) is 23.6 Å². The van der Waals surface area contributed by atoms with Crippen molar-refractivity contribution in [3.05, 3.63) is 70.8 Å². The molecule has 198 valence electrons. The van der Waals surface area contributed by atoms with Gasteiger partial charge in [0.05, 0.1) is 23.0 Å². The topological polar surface area (TPSA) is 99.5 Å². The van der Waals surface area contributed by atoms with Crippen molar-refractivity contribution in [1.29, 1.82) is 0 Å². The lowest BCUT2D eigenvalue weighted by Crippen LogP contribution is -2.43.